The average molecular weight is 526 g/mol. The largest absolute Gasteiger partial charge is 0.494 e. The molecule has 14 heteroatoms. The number of ether oxygens (including phenoxy) is 1. The Kier molecular flexibility index (Phi) is 5.48. The first-order chi connectivity index (χ1) is 16.9. The van der Waals surface area contributed by atoms with Gasteiger partial charge >= 0.3 is 11.6 Å². The summed E-state index contributed by atoms with van der Waals surface area (Å²) in [5.74, 6) is -5.62. The van der Waals surface area contributed by atoms with Crippen molar-refractivity contribution in [1.29, 1.82) is 0 Å². The molecule has 0 saturated heterocycles. The Labute approximate surface area is 200 Å². The summed E-state index contributed by atoms with van der Waals surface area (Å²) in [6.07, 6.45) is 1.54. The molecule has 0 aliphatic carbocycles. The van der Waals surface area contributed by atoms with Crippen LogP contribution < -0.4 is 15.1 Å². The Bertz CT molecular complexity index is 1660. The van der Waals surface area contributed by atoms with Crippen LogP contribution in [-0.2, 0) is 22.5 Å². The molecular weight excluding hydrogens is 508 g/mol. The van der Waals surface area contributed by atoms with Crippen LogP contribution in [0.15, 0.2) is 45.8 Å². The zero-order valence-electron chi connectivity index (χ0n) is 18.8. The summed E-state index contributed by atoms with van der Waals surface area (Å²) in [5, 5.41) is 3.82. The number of hydrogen-bond acceptors (Lipinski definition) is 6. The third-order valence-electron chi connectivity index (χ3n) is 5.78. The monoisotopic (exact) mass is 526 g/mol. The van der Waals surface area contributed by atoms with Crippen LogP contribution >= 0.6 is 0 Å². The van der Waals surface area contributed by atoms with Crippen molar-refractivity contribution in [2.45, 2.75) is 25.4 Å². The van der Waals surface area contributed by atoms with Crippen LogP contribution in [0.5, 0.6) is 5.75 Å². The molecule has 0 saturated carbocycles. The maximum Gasteiger partial charge on any atom is 0.334 e. The summed E-state index contributed by atoms with van der Waals surface area (Å²) >= 11 is 0. The van der Waals surface area contributed by atoms with Gasteiger partial charge in [-0.25, -0.2) is 31.3 Å². The number of rotatable bonds is 6. The number of alkyl halides is 2. The van der Waals surface area contributed by atoms with E-state index in [2.05, 4.69) is 5.16 Å². The van der Waals surface area contributed by atoms with E-state index in [0.29, 0.717) is 4.57 Å². The summed E-state index contributed by atoms with van der Waals surface area (Å²) < 4.78 is 96.6. The fourth-order valence-electron chi connectivity index (χ4n) is 4.32. The Morgan fingerprint density at radius 2 is 1.94 bits per heavy atom. The van der Waals surface area contributed by atoms with Gasteiger partial charge < -0.3 is 9.26 Å². The van der Waals surface area contributed by atoms with Gasteiger partial charge in [-0.15, -0.1) is 0 Å². The normalized spacial score (nSPS) is 17.0. The van der Waals surface area contributed by atoms with E-state index in [9.17, 15) is 22.0 Å². The van der Waals surface area contributed by atoms with Gasteiger partial charge in [-0.1, -0.05) is 11.2 Å². The Morgan fingerprint density at radius 3 is 2.56 bits per heavy atom. The number of nitrogens with zero attached hydrogens (tertiary/aromatic N) is 3. The molecule has 0 radical (unpaired) electrons. The second-order valence-electron chi connectivity index (χ2n) is 8.22. The highest BCUT2D eigenvalue weighted by atomic mass is 32.2. The quantitative estimate of drug-likeness (QED) is 0.387. The molecule has 1 atom stereocenters. The van der Waals surface area contributed by atoms with Crippen LogP contribution in [-0.4, -0.2) is 41.6 Å². The van der Waals surface area contributed by atoms with Crippen LogP contribution in [0.2, 0.25) is 0 Å². The highest BCUT2D eigenvalue weighted by molar-refractivity contribution is 7.88. The lowest BCUT2D eigenvalue weighted by Crippen LogP contribution is -2.44. The Morgan fingerprint density at radius 1 is 1.25 bits per heavy atom. The zero-order valence-corrected chi connectivity index (χ0v) is 19.6. The second-order valence-corrected chi connectivity index (χ2v) is 10.0. The standard InChI is InChI=1S/C22H18F4N4O5S/c1-3-34-11-7-12(18-13(23)5-4-6-14(18)24)19-15(8-11)35-27-20(19)30-10-17-22(25,26)16(28-36(2,32)33)9-29(17)21(30)31/h4-8,10,16,28H,3,9H2,1-2H3/t16-/m1/s1. The van der Waals surface area contributed by atoms with Crippen molar-refractivity contribution >= 4 is 21.0 Å². The van der Waals surface area contributed by atoms with E-state index in [1.54, 1.807) is 6.92 Å². The van der Waals surface area contributed by atoms with Crippen molar-refractivity contribution in [1.82, 2.24) is 19.0 Å². The minimum absolute atomic E-state index is 0.00441. The number of sulfonamides is 1. The fourth-order valence-corrected chi connectivity index (χ4v) is 5.06. The summed E-state index contributed by atoms with van der Waals surface area (Å²) in [7, 11) is -3.98. The third-order valence-corrected chi connectivity index (χ3v) is 6.49. The van der Waals surface area contributed by atoms with E-state index >= 15 is 8.78 Å². The van der Waals surface area contributed by atoms with Crippen LogP contribution in [0.1, 0.15) is 12.6 Å². The molecule has 2 aromatic heterocycles. The molecule has 0 fully saturated rings. The second kappa shape index (κ2) is 8.20. The Balaban J connectivity index is 1.73. The van der Waals surface area contributed by atoms with Crippen molar-refractivity contribution in [2.24, 2.45) is 0 Å². The van der Waals surface area contributed by atoms with E-state index in [4.69, 9.17) is 9.26 Å². The molecule has 0 bridgehead atoms. The van der Waals surface area contributed by atoms with Crippen molar-refractivity contribution < 1.29 is 35.2 Å². The van der Waals surface area contributed by atoms with Crippen molar-refractivity contribution in [3.8, 4) is 22.7 Å². The molecule has 5 rings (SSSR count). The van der Waals surface area contributed by atoms with Crippen molar-refractivity contribution in [3.05, 3.63) is 64.3 Å². The smallest absolute Gasteiger partial charge is 0.334 e. The maximum atomic E-state index is 15.0. The first-order valence-corrected chi connectivity index (χ1v) is 12.5. The summed E-state index contributed by atoms with van der Waals surface area (Å²) in [6, 6.07) is 4.13. The molecule has 0 unspecified atom stereocenters. The van der Waals surface area contributed by atoms with Gasteiger partial charge in [-0.05, 0) is 25.1 Å². The van der Waals surface area contributed by atoms with Gasteiger partial charge in [0.15, 0.2) is 11.4 Å². The predicted octanol–water partition coefficient (Wildman–Crippen LogP) is 3.15. The first-order valence-electron chi connectivity index (χ1n) is 10.6. The molecule has 9 nitrogen and oxygen atoms in total. The lowest BCUT2D eigenvalue weighted by Gasteiger charge is -2.18. The molecular formula is C22H18F4N4O5S. The fraction of sp³-hybridized carbons (Fsp3) is 0.273. The van der Waals surface area contributed by atoms with Gasteiger partial charge in [0.2, 0.25) is 10.0 Å². The number of nitrogens with one attached hydrogen (secondary N) is 1. The molecule has 1 N–H and O–H groups in total. The molecule has 2 aromatic carbocycles. The summed E-state index contributed by atoms with van der Waals surface area (Å²) in [4.78, 5) is 13.1. The van der Waals surface area contributed by atoms with Crippen molar-refractivity contribution in [3.63, 3.8) is 0 Å². The SMILES string of the molecule is CCOc1cc(-c2c(F)cccc2F)c2c(-n3cc4n(c3=O)C[C@@H](NS(C)(=O)=O)C4(F)F)noc2c1. The number of hydrogen-bond donors (Lipinski definition) is 1. The van der Waals surface area contributed by atoms with E-state index < -0.39 is 57.1 Å². The molecule has 190 valence electrons. The highest BCUT2D eigenvalue weighted by Crippen LogP contribution is 2.41. The van der Waals surface area contributed by atoms with E-state index in [1.165, 1.54) is 18.2 Å². The highest BCUT2D eigenvalue weighted by Gasteiger charge is 2.52. The molecule has 1 aliphatic heterocycles. The van der Waals surface area contributed by atoms with Crippen molar-refractivity contribution in [2.75, 3.05) is 12.9 Å². The van der Waals surface area contributed by atoms with Crippen LogP contribution in [0.25, 0.3) is 27.9 Å². The molecule has 4 aromatic rings. The minimum Gasteiger partial charge on any atom is -0.494 e. The molecule has 0 spiro atoms. The van der Waals surface area contributed by atoms with Crippen LogP contribution in [0.4, 0.5) is 17.6 Å². The Hall–Kier alpha value is -3.65. The van der Waals surface area contributed by atoms with Gasteiger partial charge in [0.25, 0.3) is 0 Å². The molecule has 1 aliphatic rings. The van der Waals surface area contributed by atoms with E-state index in [1.807, 2.05) is 4.72 Å². The molecule has 3 heterocycles. The van der Waals surface area contributed by atoms with Gasteiger partial charge in [0.1, 0.15) is 29.1 Å². The predicted molar refractivity (Wildman–Crippen MR) is 120 cm³/mol. The number of aromatic nitrogens is 3. The lowest BCUT2D eigenvalue weighted by molar-refractivity contribution is -0.0248. The number of imidazole rings is 1. The molecule has 36 heavy (non-hydrogen) atoms. The molecule has 0 amide bonds. The first kappa shape index (κ1) is 24.1. The van der Waals surface area contributed by atoms with Crippen LogP contribution in [0, 0.1) is 11.6 Å². The number of fused-ring (bicyclic) bond motifs is 2. The van der Waals surface area contributed by atoms with E-state index in [-0.39, 0.29) is 34.7 Å². The lowest BCUT2D eigenvalue weighted by atomic mass is 10.00. The average Bonchev–Trinajstić information content (AvgIpc) is 3.40. The topological polar surface area (TPSA) is 108 Å². The number of benzene rings is 2. The number of halogens is 4. The van der Waals surface area contributed by atoms with Gasteiger partial charge in [-0.3, -0.25) is 4.57 Å². The van der Waals surface area contributed by atoms with Gasteiger partial charge in [0, 0.05) is 17.8 Å². The third kappa shape index (κ3) is 3.76. The van der Waals surface area contributed by atoms with Gasteiger partial charge in [0.05, 0.1) is 30.4 Å². The van der Waals surface area contributed by atoms with E-state index in [0.717, 1.165) is 29.2 Å². The maximum absolute atomic E-state index is 15.0. The minimum atomic E-state index is -3.98. The van der Waals surface area contributed by atoms with Gasteiger partial charge in [-0.2, -0.15) is 8.78 Å². The summed E-state index contributed by atoms with van der Waals surface area (Å²) in [6.45, 7) is 1.29. The zero-order chi connectivity index (χ0) is 26.0. The van der Waals surface area contributed by atoms with Crippen LogP contribution in [0.3, 0.4) is 0 Å². The summed E-state index contributed by atoms with van der Waals surface area (Å²) in [5.41, 5.74) is -2.24.